The van der Waals surface area contributed by atoms with Gasteiger partial charge in [-0.1, -0.05) is 35.5 Å². The van der Waals surface area contributed by atoms with Gasteiger partial charge in [0, 0.05) is 11.5 Å². The second kappa shape index (κ2) is 6.48. The number of hydrazine groups is 1. The van der Waals surface area contributed by atoms with Crippen LogP contribution in [0.3, 0.4) is 0 Å². The first-order valence-corrected chi connectivity index (χ1v) is 4.61. The van der Waals surface area contributed by atoms with Crippen LogP contribution in [0.15, 0.2) is 35.5 Å². The first-order valence-electron chi connectivity index (χ1n) is 4.61. The Balaban J connectivity index is 2.59. The molecule has 1 aromatic rings. The molecule has 5 nitrogen and oxygen atoms in total. The number of benzene rings is 1. The van der Waals surface area contributed by atoms with Gasteiger partial charge in [-0.3, -0.25) is 5.84 Å². The van der Waals surface area contributed by atoms with Gasteiger partial charge in [-0.05, 0) is 23.6 Å². The van der Waals surface area contributed by atoms with Crippen LogP contribution in [0, 0.1) is 0 Å². The van der Waals surface area contributed by atoms with E-state index in [0.29, 0.717) is 6.54 Å². The number of rotatable bonds is 5. The lowest BCUT2D eigenvalue weighted by Gasteiger charge is -2.03. The molecule has 1 aromatic carbocycles. The number of nitrogens with zero attached hydrogens (tertiary/aromatic N) is 3. The fourth-order valence-electron chi connectivity index (χ4n) is 1.16. The summed E-state index contributed by atoms with van der Waals surface area (Å²) < 4.78 is 0. The SMILES string of the molecule is [N-]=[N+]=NCCC=Cc1ccccc1NN. The van der Waals surface area contributed by atoms with Crippen LogP contribution in [-0.4, -0.2) is 6.54 Å². The van der Waals surface area contributed by atoms with Crippen LogP contribution in [-0.2, 0) is 0 Å². The summed E-state index contributed by atoms with van der Waals surface area (Å²) in [5.74, 6) is 5.35. The molecular weight excluding hydrogens is 190 g/mol. The molecule has 0 saturated heterocycles. The van der Waals surface area contributed by atoms with Crippen LogP contribution < -0.4 is 11.3 Å². The van der Waals surface area contributed by atoms with E-state index in [9.17, 15) is 0 Å². The zero-order chi connectivity index (χ0) is 10.9. The molecule has 78 valence electrons. The van der Waals surface area contributed by atoms with E-state index in [0.717, 1.165) is 17.7 Å². The van der Waals surface area contributed by atoms with Gasteiger partial charge in [-0.25, -0.2) is 0 Å². The fourth-order valence-corrected chi connectivity index (χ4v) is 1.16. The van der Waals surface area contributed by atoms with Gasteiger partial charge in [0.15, 0.2) is 0 Å². The summed E-state index contributed by atoms with van der Waals surface area (Å²) in [6, 6.07) is 7.70. The molecule has 0 aromatic heterocycles. The Hall–Kier alpha value is -1.97. The van der Waals surface area contributed by atoms with Crippen LogP contribution >= 0.6 is 0 Å². The lowest BCUT2D eigenvalue weighted by Crippen LogP contribution is -2.07. The van der Waals surface area contributed by atoms with Crippen LogP contribution in [0.4, 0.5) is 5.69 Å². The molecule has 3 N–H and O–H groups in total. The molecule has 0 aliphatic rings. The lowest BCUT2D eigenvalue weighted by molar-refractivity contribution is 0.996. The maximum atomic E-state index is 8.07. The van der Waals surface area contributed by atoms with Crippen molar-refractivity contribution in [1.82, 2.24) is 0 Å². The first kappa shape index (κ1) is 11.1. The molecule has 0 fully saturated rings. The van der Waals surface area contributed by atoms with Gasteiger partial charge in [0.05, 0.1) is 5.69 Å². The van der Waals surface area contributed by atoms with E-state index in [1.54, 1.807) is 0 Å². The summed E-state index contributed by atoms with van der Waals surface area (Å²) in [4.78, 5) is 2.67. The second-order valence-electron chi connectivity index (χ2n) is 2.88. The van der Waals surface area contributed by atoms with E-state index >= 15 is 0 Å². The zero-order valence-electron chi connectivity index (χ0n) is 8.30. The Morgan fingerprint density at radius 1 is 1.47 bits per heavy atom. The molecule has 0 radical (unpaired) electrons. The predicted octanol–water partition coefficient (Wildman–Crippen LogP) is 2.69. The highest BCUT2D eigenvalue weighted by Crippen LogP contribution is 2.15. The standard InChI is InChI=1S/C10H13N5/c11-14-10-7-2-1-5-9(10)6-3-4-8-13-15-12/h1-3,5-7,14H,4,8,11H2. The number of nitrogen functional groups attached to an aromatic ring is 1. The molecular formula is C10H13N5. The second-order valence-corrected chi connectivity index (χ2v) is 2.88. The number of nitrogens with one attached hydrogen (secondary N) is 1. The Bertz CT molecular complexity index is 379. The summed E-state index contributed by atoms with van der Waals surface area (Å²) >= 11 is 0. The third kappa shape index (κ3) is 3.72. The number of azide groups is 1. The van der Waals surface area contributed by atoms with Crippen molar-refractivity contribution in [2.45, 2.75) is 6.42 Å². The molecule has 0 amide bonds. The van der Waals surface area contributed by atoms with Crippen molar-refractivity contribution in [2.24, 2.45) is 11.0 Å². The Kier molecular flexibility index (Phi) is 4.80. The highest BCUT2D eigenvalue weighted by atomic mass is 15.2. The summed E-state index contributed by atoms with van der Waals surface area (Å²) in [6.07, 6.45) is 4.62. The molecule has 0 unspecified atom stereocenters. The maximum Gasteiger partial charge on any atom is 0.0557 e. The Morgan fingerprint density at radius 3 is 3.00 bits per heavy atom. The minimum Gasteiger partial charge on any atom is -0.324 e. The van der Waals surface area contributed by atoms with Gasteiger partial charge in [-0.2, -0.15) is 0 Å². The summed E-state index contributed by atoms with van der Waals surface area (Å²) in [5, 5.41) is 3.43. The van der Waals surface area contributed by atoms with Crippen molar-refractivity contribution in [1.29, 1.82) is 0 Å². The normalized spacial score (nSPS) is 9.93. The monoisotopic (exact) mass is 203 g/mol. The van der Waals surface area contributed by atoms with Crippen LogP contribution in [0.5, 0.6) is 0 Å². The van der Waals surface area contributed by atoms with Gasteiger partial charge in [0.1, 0.15) is 0 Å². The highest BCUT2D eigenvalue weighted by molar-refractivity contribution is 5.65. The Morgan fingerprint density at radius 2 is 2.27 bits per heavy atom. The maximum absolute atomic E-state index is 8.07. The topological polar surface area (TPSA) is 86.8 Å². The quantitative estimate of drug-likeness (QED) is 0.192. The predicted molar refractivity (Wildman–Crippen MR) is 61.9 cm³/mol. The molecule has 15 heavy (non-hydrogen) atoms. The molecule has 0 saturated carbocycles. The molecule has 0 bridgehead atoms. The van der Waals surface area contributed by atoms with Gasteiger partial charge < -0.3 is 5.43 Å². The largest absolute Gasteiger partial charge is 0.324 e. The number of anilines is 1. The van der Waals surface area contributed by atoms with Gasteiger partial charge in [-0.15, -0.1) is 0 Å². The van der Waals surface area contributed by atoms with E-state index in [-0.39, 0.29) is 0 Å². The van der Waals surface area contributed by atoms with Crippen molar-refractivity contribution in [3.63, 3.8) is 0 Å². The van der Waals surface area contributed by atoms with Crippen LogP contribution in [0.1, 0.15) is 12.0 Å². The van der Waals surface area contributed by atoms with Gasteiger partial charge >= 0.3 is 0 Å². The van der Waals surface area contributed by atoms with Crippen molar-refractivity contribution < 1.29 is 0 Å². The molecule has 1 rings (SSSR count). The van der Waals surface area contributed by atoms with Crippen molar-refractivity contribution in [3.8, 4) is 0 Å². The summed E-state index contributed by atoms with van der Waals surface area (Å²) in [5.41, 5.74) is 12.6. The van der Waals surface area contributed by atoms with Crippen LogP contribution in [0.2, 0.25) is 0 Å². The van der Waals surface area contributed by atoms with Gasteiger partial charge in [0.2, 0.25) is 0 Å². The van der Waals surface area contributed by atoms with Crippen molar-refractivity contribution in [2.75, 3.05) is 12.0 Å². The third-order valence-electron chi connectivity index (χ3n) is 1.87. The highest BCUT2D eigenvalue weighted by Gasteiger charge is 1.93. The number of nitrogens with two attached hydrogens (primary N) is 1. The fraction of sp³-hybridized carbons (Fsp3) is 0.200. The van der Waals surface area contributed by atoms with E-state index in [1.807, 2.05) is 36.4 Å². The zero-order valence-corrected chi connectivity index (χ0v) is 8.30. The molecule has 0 spiro atoms. The minimum atomic E-state index is 0.477. The minimum absolute atomic E-state index is 0.477. The van der Waals surface area contributed by atoms with Crippen molar-refractivity contribution in [3.05, 3.63) is 46.3 Å². The van der Waals surface area contributed by atoms with E-state index in [4.69, 9.17) is 11.4 Å². The molecule has 0 aliphatic carbocycles. The van der Waals surface area contributed by atoms with E-state index in [2.05, 4.69) is 15.5 Å². The lowest BCUT2D eigenvalue weighted by atomic mass is 10.1. The molecule has 0 heterocycles. The third-order valence-corrected chi connectivity index (χ3v) is 1.87. The molecule has 5 heteroatoms. The number of hydrogen-bond acceptors (Lipinski definition) is 3. The average Bonchev–Trinajstić information content (AvgIpc) is 2.29. The van der Waals surface area contributed by atoms with Crippen molar-refractivity contribution >= 4 is 11.8 Å². The molecule has 0 aliphatic heterocycles. The smallest absolute Gasteiger partial charge is 0.0557 e. The van der Waals surface area contributed by atoms with E-state index < -0.39 is 0 Å². The van der Waals surface area contributed by atoms with Crippen LogP contribution in [0.25, 0.3) is 16.5 Å². The average molecular weight is 203 g/mol. The summed E-state index contributed by atoms with van der Waals surface area (Å²) in [6.45, 7) is 0.477. The number of hydrogen-bond donors (Lipinski definition) is 2. The Labute approximate surface area is 88.2 Å². The van der Waals surface area contributed by atoms with Gasteiger partial charge in [0.25, 0.3) is 0 Å². The molecule has 0 atom stereocenters. The van der Waals surface area contributed by atoms with E-state index in [1.165, 1.54) is 0 Å². The number of para-hydroxylation sites is 1. The summed E-state index contributed by atoms with van der Waals surface area (Å²) in [7, 11) is 0. The first-order chi connectivity index (χ1) is 7.38.